The van der Waals surface area contributed by atoms with Crippen molar-refractivity contribution >= 4 is 35.4 Å². The number of aromatic hydroxyl groups is 1. The van der Waals surface area contributed by atoms with Crippen LogP contribution in [-0.2, 0) is 19.1 Å². The van der Waals surface area contributed by atoms with Gasteiger partial charge in [0.05, 0.1) is 22.0 Å². The average molecular weight is 494 g/mol. The molecule has 1 aromatic carbocycles. The molecule has 4 rings (SSSR count). The van der Waals surface area contributed by atoms with Crippen molar-refractivity contribution in [2.45, 2.75) is 32.0 Å². The topological polar surface area (TPSA) is 52.2 Å². The molecule has 0 atom stereocenters. The number of imidazole rings is 1. The Hall–Kier alpha value is -2.30. The molecule has 3 aromatic rings. The first-order valence-electron chi connectivity index (χ1n) is 9.01. The number of ether oxygens (including phenoxy) is 1. The second kappa shape index (κ2) is 7.99. The molecule has 12 heteroatoms. The van der Waals surface area contributed by atoms with Gasteiger partial charge in [-0.25, -0.2) is 9.37 Å². The number of pyridine rings is 1. The van der Waals surface area contributed by atoms with Crippen molar-refractivity contribution in [1.29, 1.82) is 0 Å². The van der Waals surface area contributed by atoms with Crippen LogP contribution in [0.5, 0.6) is 17.5 Å². The third-order valence-corrected chi connectivity index (χ3v) is 5.82. The predicted octanol–water partition coefficient (Wildman–Crippen LogP) is 6.70. The molecule has 2 aromatic heterocycles. The maximum Gasteiger partial charge on any atom is 0.417 e. The Balaban J connectivity index is 1.77. The van der Waals surface area contributed by atoms with E-state index in [2.05, 4.69) is 4.98 Å². The molecule has 0 bridgehead atoms. The van der Waals surface area contributed by atoms with E-state index in [0.29, 0.717) is 30.9 Å². The van der Waals surface area contributed by atoms with Crippen molar-refractivity contribution in [3.63, 3.8) is 0 Å². The number of benzene rings is 1. The van der Waals surface area contributed by atoms with Crippen LogP contribution in [0.2, 0.25) is 10.0 Å². The molecule has 3 heterocycles. The number of fused-ring (bicyclic) bond motifs is 1. The lowest BCUT2D eigenvalue weighted by Crippen LogP contribution is -2.09. The molecule has 0 saturated heterocycles. The molecule has 5 nitrogen and oxygen atoms in total. The van der Waals surface area contributed by atoms with E-state index in [1.165, 1.54) is 6.07 Å². The average Bonchev–Trinajstić information content (AvgIpc) is 2.95. The van der Waals surface area contributed by atoms with Gasteiger partial charge in [0.1, 0.15) is 16.6 Å². The highest BCUT2D eigenvalue weighted by molar-refractivity contribution is 7.71. The van der Waals surface area contributed by atoms with Gasteiger partial charge in [0.2, 0.25) is 11.8 Å². The monoisotopic (exact) mass is 493 g/mol. The summed E-state index contributed by atoms with van der Waals surface area (Å²) < 4.78 is 61.7. The van der Waals surface area contributed by atoms with Crippen LogP contribution in [0.25, 0.3) is 5.69 Å². The standard InChI is InChI=1S/C19H13Cl2F4N3O2S/c20-10-6-12(22)14(28-17(29)13-3-1-2-4-27(13)18(28)31)7-15(10)30-16-11(21)5-9(8-26-16)19(23,24)25/h5-8,29H,1-4H2. The molecule has 164 valence electrons. The van der Waals surface area contributed by atoms with Crippen LogP contribution in [0, 0.1) is 10.6 Å². The highest BCUT2D eigenvalue weighted by Crippen LogP contribution is 2.39. The molecule has 0 radical (unpaired) electrons. The zero-order chi connectivity index (χ0) is 22.5. The lowest BCUT2D eigenvalue weighted by molar-refractivity contribution is -0.137. The predicted molar refractivity (Wildman–Crippen MR) is 108 cm³/mol. The molecule has 1 aliphatic rings. The molecular weight excluding hydrogens is 481 g/mol. The fraction of sp³-hybridized carbons (Fsp3) is 0.263. The Bertz CT molecular complexity index is 1240. The third kappa shape index (κ3) is 3.99. The van der Waals surface area contributed by atoms with Crippen LogP contribution >= 0.6 is 35.4 Å². The summed E-state index contributed by atoms with van der Waals surface area (Å²) in [6, 6.07) is 2.78. The van der Waals surface area contributed by atoms with Crippen molar-refractivity contribution in [2.24, 2.45) is 0 Å². The Morgan fingerprint density at radius 3 is 2.52 bits per heavy atom. The van der Waals surface area contributed by atoms with Gasteiger partial charge in [0, 0.05) is 18.8 Å². The molecule has 31 heavy (non-hydrogen) atoms. The van der Waals surface area contributed by atoms with Gasteiger partial charge in [0.25, 0.3) is 0 Å². The summed E-state index contributed by atoms with van der Waals surface area (Å²) in [7, 11) is 0. The van der Waals surface area contributed by atoms with E-state index >= 15 is 0 Å². The molecule has 0 amide bonds. The molecule has 1 aliphatic heterocycles. The molecule has 0 saturated carbocycles. The molecule has 0 aliphatic carbocycles. The number of hydrogen-bond acceptors (Lipinski definition) is 4. The number of hydrogen-bond donors (Lipinski definition) is 1. The zero-order valence-corrected chi connectivity index (χ0v) is 17.8. The summed E-state index contributed by atoms with van der Waals surface area (Å²) in [5.41, 5.74) is -0.585. The summed E-state index contributed by atoms with van der Waals surface area (Å²) in [6.07, 6.45) is -1.74. The minimum atomic E-state index is -4.63. The van der Waals surface area contributed by atoms with Gasteiger partial charge < -0.3 is 14.4 Å². The van der Waals surface area contributed by atoms with E-state index < -0.39 is 22.6 Å². The first-order chi connectivity index (χ1) is 14.6. The Morgan fingerprint density at radius 1 is 1.13 bits per heavy atom. The second-order valence-electron chi connectivity index (χ2n) is 6.84. The maximum atomic E-state index is 14.7. The molecule has 1 N–H and O–H groups in total. The van der Waals surface area contributed by atoms with Crippen molar-refractivity contribution in [3.05, 3.63) is 56.3 Å². The molecular formula is C19H13Cl2F4N3O2S. The maximum absolute atomic E-state index is 14.7. The summed E-state index contributed by atoms with van der Waals surface area (Å²) in [5, 5.41) is 10.1. The summed E-state index contributed by atoms with van der Waals surface area (Å²) in [5.74, 6) is -1.45. The fourth-order valence-electron chi connectivity index (χ4n) is 3.36. The van der Waals surface area contributed by atoms with Crippen LogP contribution < -0.4 is 4.74 Å². The van der Waals surface area contributed by atoms with E-state index in [1.54, 1.807) is 4.57 Å². The number of alkyl halides is 3. The quantitative estimate of drug-likeness (QED) is 0.325. The van der Waals surface area contributed by atoms with E-state index in [1.807, 2.05) is 0 Å². The van der Waals surface area contributed by atoms with Gasteiger partial charge >= 0.3 is 6.18 Å². The zero-order valence-electron chi connectivity index (χ0n) is 15.5. The largest absolute Gasteiger partial charge is 0.493 e. The molecule has 0 unspecified atom stereocenters. The van der Waals surface area contributed by atoms with Gasteiger partial charge in [-0.1, -0.05) is 23.2 Å². The van der Waals surface area contributed by atoms with Crippen LogP contribution in [0.4, 0.5) is 17.6 Å². The normalized spacial score (nSPS) is 13.9. The van der Waals surface area contributed by atoms with Crippen LogP contribution in [0.1, 0.15) is 24.1 Å². The second-order valence-corrected chi connectivity index (χ2v) is 8.02. The summed E-state index contributed by atoms with van der Waals surface area (Å²) >= 11 is 17.3. The lowest BCUT2D eigenvalue weighted by Gasteiger charge is -2.13. The van der Waals surface area contributed by atoms with Crippen LogP contribution in [0.15, 0.2) is 24.4 Å². The third-order valence-electron chi connectivity index (χ3n) is 4.85. The Labute approximate surface area is 188 Å². The highest BCUT2D eigenvalue weighted by atomic mass is 35.5. The SMILES string of the molecule is Oc1c2n(c(=S)n1-c1cc(Oc3ncc(C(F)(F)F)cc3Cl)c(Cl)cc1F)CCCC2. The first kappa shape index (κ1) is 21.9. The summed E-state index contributed by atoms with van der Waals surface area (Å²) in [6.45, 7) is 0.596. The van der Waals surface area contributed by atoms with Crippen molar-refractivity contribution in [2.75, 3.05) is 0 Å². The fourth-order valence-corrected chi connectivity index (χ4v) is 4.14. The minimum Gasteiger partial charge on any atom is -0.493 e. The van der Waals surface area contributed by atoms with Crippen molar-refractivity contribution in [1.82, 2.24) is 14.1 Å². The highest BCUT2D eigenvalue weighted by Gasteiger charge is 2.32. The van der Waals surface area contributed by atoms with Crippen LogP contribution in [-0.4, -0.2) is 19.2 Å². The van der Waals surface area contributed by atoms with E-state index in [4.69, 9.17) is 40.2 Å². The molecule has 0 fully saturated rings. The van der Waals surface area contributed by atoms with Crippen LogP contribution in [0.3, 0.4) is 0 Å². The van der Waals surface area contributed by atoms with E-state index in [0.717, 1.165) is 23.5 Å². The van der Waals surface area contributed by atoms with Gasteiger partial charge in [-0.05, 0) is 43.6 Å². The smallest absolute Gasteiger partial charge is 0.417 e. The van der Waals surface area contributed by atoms with Gasteiger partial charge in [0.15, 0.2) is 4.77 Å². The van der Waals surface area contributed by atoms with Gasteiger partial charge in [-0.15, -0.1) is 0 Å². The van der Waals surface area contributed by atoms with Crippen molar-refractivity contribution < 1.29 is 27.4 Å². The number of nitrogens with zero attached hydrogens (tertiary/aromatic N) is 3. The minimum absolute atomic E-state index is 0.127. The lowest BCUT2D eigenvalue weighted by atomic mass is 10.1. The van der Waals surface area contributed by atoms with E-state index in [9.17, 15) is 22.7 Å². The molecule has 0 spiro atoms. The van der Waals surface area contributed by atoms with E-state index in [-0.39, 0.29) is 33.0 Å². The van der Waals surface area contributed by atoms with Gasteiger partial charge in [-0.3, -0.25) is 4.57 Å². The number of rotatable bonds is 3. The van der Waals surface area contributed by atoms with Crippen molar-refractivity contribution in [3.8, 4) is 23.2 Å². The Kier molecular flexibility index (Phi) is 5.65. The number of aromatic nitrogens is 3. The number of halogens is 6. The summed E-state index contributed by atoms with van der Waals surface area (Å²) in [4.78, 5) is 3.59. The Morgan fingerprint density at radius 2 is 1.87 bits per heavy atom. The first-order valence-corrected chi connectivity index (χ1v) is 10.2. The van der Waals surface area contributed by atoms with Gasteiger partial charge in [-0.2, -0.15) is 13.2 Å².